The number of nitro benzene ring substituents is 1. The van der Waals surface area contributed by atoms with Gasteiger partial charge < -0.3 is 4.90 Å². The van der Waals surface area contributed by atoms with E-state index in [-0.39, 0.29) is 11.1 Å². The molecule has 22 heavy (non-hydrogen) atoms. The predicted octanol–water partition coefficient (Wildman–Crippen LogP) is 3.87. The third-order valence-corrected chi connectivity index (χ3v) is 5.04. The summed E-state index contributed by atoms with van der Waals surface area (Å²) in [4.78, 5) is 12.8. The normalized spacial score (nSPS) is 29.2. The van der Waals surface area contributed by atoms with E-state index < -0.39 is 4.92 Å². The van der Waals surface area contributed by atoms with Crippen LogP contribution < -0.4 is 4.90 Å². The van der Waals surface area contributed by atoms with Crippen molar-refractivity contribution in [3.05, 3.63) is 33.9 Å². The Labute approximate surface area is 130 Å². The smallest absolute Gasteiger partial charge is 0.270 e. The molecule has 0 amide bonds. The highest BCUT2D eigenvalue weighted by Gasteiger charge is 2.49. The maximum atomic E-state index is 10.9. The molecule has 2 aliphatic rings. The highest BCUT2D eigenvalue weighted by molar-refractivity contribution is 5.64. The number of rotatable bonds is 2. The van der Waals surface area contributed by atoms with E-state index in [1.54, 1.807) is 6.07 Å². The average molecular weight is 299 g/mol. The number of benzene rings is 1. The number of hydrogen-bond donors (Lipinski definition) is 0. The average Bonchev–Trinajstić information content (AvgIpc) is 2.67. The first-order valence-corrected chi connectivity index (χ1v) is 7.68. The molecule has 0 radical (unpaired) electrons. The van der Waals surface area contributed by atoms with Crippen molar-refractivity contribution in [1.29, 1.82) is 5.26 Å². The van der Waals surface area contributed by atoms with Crippen molar-refractivity contribution in [3.8, 4) is 6.07 Å². The van der Waals surface area contributed by atoms with E-state index in [2.05, 4.69) is 31.7 Å². The summed E-state index contributed by atoms with van der Waals surface area (Å²) in [5.41, 5.74) is 1.80. The van der Waals surface area contributed by atoms with Gasteiger partial charge in [-0.15, -0.1) is 0 Å². The molecule has 1 saturated heterocycles. The minimum Gasteiger partial charge on any atom is -0.367 e. The number of anilines is 1. The predicted molar refractivity (Wildman–Crippen MR) is 84.7 cm³/mol. The second-order valence-electron chi connectivity index (χ2n) is 7.91. The van der Waals surface area contributed by atoms with Gasteiger partial charge >= 0.3 is 0 Å². The fraction of sp³-hybridized carbons (Fsp3) is 0.588. The van der Waals surface area contributed by atoms with Crippen LogP contribution in [0.25, 0.3) is 0 Å². The lowest BCUT2D eigenvalue weighted by Gasteiger charge is -2.39. The first kappa shape index (κ1) is 14.8. The minimum absolute atomic E-state index is 0.0194. The molecule has 0 spiro atoms. The topological polar surface area (TPSA) is 70.2 Å². The van der Waals surface area contributed by atoms with Crippen LogP contribution in [0.2, 0.25) is 0 Å². The summed E-state index contributed by atoms with van der Waals surface area (Å²) in [7, 11) is 0. The van der Waals surface area contributed by atoms with Gasteiger partial charge in [-0.25, -0.2) is 0 Å². The number of hydrogen-bond acceptors (Lipinski definition) is 4. The standard InChI is InChI=1S/C17H21N3O2/c1-16(2)7-14-8-17(3,10-16)11-19(14)15-5-4-13(20(21)22)6-12(15)9-18/h4-6,14H,7-8,10-11H2,1-3H3/t14-,17-/m0/s1. The van der Waals surface area contributed by atoms with E-state index >= 15 is 0 Å². The summed E-state index contributed by atoms with van der Waals surface area (Å²) in [6, 6.07) is 7.20. The number of nitrogens with zero attached hydrogens (tertiary/aromatic N) is 3. The van der Waals surface area contributed by atoms with Gasteiger partial charge in [-0.3, -0.25) is 10.1 Å². The Kier molecular flexibility index (Phi) is 3.17. The van der Waals surface area contributed by atoms with Gasteiger partial charge in [0.15, 0.2) is 0 Å². The zero-order valence-corrected chi connectivity index (χ0v) is 13.3. The van der Waals surface area contributed by atoms with E-state index in [1.807, 2.05) is 0 Å². The fourth-order valence-electron chi connectivity index (χ4n) is 4.72. The third-order valence-electron chi connectivity index (χ3n) is 5.04. The van der Waals surface area contributed by atoms with Crippen molar-refractivity contribution >= 4 is 11.4 Å². The minimum atomic E-state index is -0.447. The summed E-state index contributed by atoms with van der Waals surface area (Å²) in [6.07, 6.45) is 3.42. The van der Waals surface area contributed by atoms with Crippen molar-refractivity contribution < 1.29 is 4.92 Å². The molecular weight excluding hydrogens is 278 g/mol. The largest absolute Gasteiger partial charge is 0.367 e. The second-order valence-corrected chi connectivity index (χ2v) is 7.91. The molecule has 5 nitrogen and oxygen atoms in total. The van der Waals surface area contributed by atoms with Gasteiger partial charge in [0.25, 0.3) is 5.69 Å². The van der Waals surface area contributed by atoms with Crippen LogP contribution in [-0.4, -0.2) is 17.5 Å². The number of non-ortho nitro benzene ring substituents is 1. The van der Waals surface area contributed by atoms with Crippen LogP contribution in [0.1, 0.15) is 45.6 Å². The first-order valence-electron chi connectivity index (χ1n) is 7.68. The summed E-state index contributed by atoms with van der Waals surface area (Å²) in [5.74, 6) is 0. The summed E-state index contributed by atoms with van der Waals surface area (Å²) in [5, 5.41) is 20.3. The number of nitro groups is 1. The molecule has 3 rings (SSSR count). The Bertz CT molecular complexity index is 677. The van der Waals surface area contributed by atoms with E-state index in [1.165, 1.54) is 18.6 Å². The molecule has 5 heteroatoms. The molecule has 1 aliphatic carbocycles. The zero-order chi connectivity index (χ0) is 16.1. The van der Waals surface area contributed by atoms with Crippen LogP contribution in [0.15, 0.2) is 18.2 Å². The molecule has 2 atom stereocenters. The van der Waals surface area contributed by atoms with E-state index in [4.69, 9.17) is 0 Å². The van der Waals surface area contributed by atoms with E-state index in [0.717, 1.165) is 25.1 Å². The molecule has 2 fully saturated rings. The van der Waals surface area contributed by atoms with Gasteiger partial charge in [0.1, 0.15) is 6.07 Å². The maximum Gasteiger partial charge on any atom is 0.270 e. The SMILES string of the molecule is CC1(C)C[C@H]2C[C@](C)(CN2c2ccc([N+](=O)[O-])cc2C#N)C1. The van der Waals surface area contributed by atoms with Crippen LogP contribution in [0.5, 0.6) is 0 Å². The number of fused-ring (bicyclic) bond motifs is 2. The third kappa shape index (κ3) is 2.43. The highest BCUT2D eigenvalue weighted by atomic mass is 16.6. The summed E-state index contributed by atoms with van der Waals surface area (Å²) < 4.78 is 0. The molecule has 1 aromatic rings. The summed E-state index contributed by atoms with van der Waals surface area (Å²) in [6.45, 7) is 7.86. The molecule has 0 N–H and O–H groups in total. The van der Waals surface area contributed by atoms with Crippen LogP contribution in [0.4, 0.5) is 11.4 Å². The first-order chi connectivity index (χ1) is 10.2. The van der Waals surface area contributed by atoms with E-state index in [9.17, 15) is 15.4 Å². The Morgan fingerprint density at radius 3 is 2.73 bits per heavy atom. The maximum absolute atomic E-state index is 10.9. The quantitative estimate of drug-likeness (QED) is 0.614. The molecule has 116 valence electrons. The molecule has 2 bridgehead atoms. The number of nitriles is 1. The van der Waals surface area contributed by atoms with Gasteiger partial charge in [-0.05, 0) is 36.2 Å². The lowest BCUT2D eigenvalue weighted by molar-refractivity contribution is -0.384. The lowest BCUT2D eigenvalue weighted by Crippen LogP contribution is -2.34. The molecule has 1 aliphatic heterocycles. The van der Waals surface area contributed by atoms with Crippen molar-refractivity contribution in [2.24, 2.45) is 10.8 Å². The Morgan fingerprint density at radius 1 is 1.36 bits per heavy atom. The van der Waals surface area contributed by atoms with Crippen molar-refractivity contribution in [1.82, 2.24) is 0 Å². The van der Waals surface area contributed by atoms with Gasteiger partial charge in [-0.2, -0.15) is 5.26 Å². The molecule has 1 saturated carbocycles. The molecule has 0 unspecified atom stereocenters. The Balaban J connectivity index is 1.99. The second kappa shape index (κ2) is 4.70. The molecule has 1 heterocycles. The summed E-state index contributed by atoms with van der Waals surface area (Å²) >= 11 is 0. The fourth-order valence-corrected chi connectivity index (χ4v) is 4.72. The van der Waals surface area contributed by atoms with Gasteiger partial charge in [0.05, 0.1) is 16.2 Å². The van der Waals surface area contributed by atoms with Crippen LogP contribution in [-0.2, 0) is 0 Å². The van der Waals surface area contributed by atoms with Gasteiger partial charge in [0, 0.05) is 24.7 Å². The highest BCUT2D eigenvalue weighted by Crippen LogP contribution is 2.53. The molecular formula is C17H21N3O2. The van der Waals surface area contributed by atoms with Crippen LogP contribution >= 0.6 is 0 Å². The molecule has 1 aromatic carbocycles. The van der Waals surface area contributed by atoms with Crippen molar-refractivity contribution in [2.45, 2.75) is 46.1 Å². The lowest BCUT2D eigenvalue weighted by atomic mass is 9.65. The van der Waals surface area contributed by atoms with Crippen molar-refractivity contribution in [3.63, 3.8) is 0 Å². The Morgan fingerprint density at radius 2 is 2.09 bits per heavy atom. The van der Waals surface area contributed by atoms with Crippen LogP contribution in [0.3, 0.4) is 0 Å². The molecule has 0 aromatic heterocycles. The van der Waals surface area contributed by atoms with Gasteiger partial charge in [0.2, 0.25) is 0 Å². The Hall–Kier alpha value is -2.09. The van der Waals surface area contributed by atoms with Gasteiger partial charge in [-0.1, -0.05) is 20.8 Å². The monoisotopic (exact) mass is 299 g/mol. The van der Waals surface area contributed by atoms with Crippen molar-refractivity contribution in [2.75, 3.05) is 11.4 Å². The van der Waals surface area contributed by atoms with Crippen LogP contribution in [0, 0.1) is 32.3 Å². The zero-order valence-electron chi connectivity index (χ0n) is 13.3. The van der Waals surface area contributed by atoms with E-state index in [0.29, 0.717) is 17.0 Å².